The average Bonchev–Trinajstić information content (AvgIpc) is 2.32. The largest absolute Gasteiger partial charge is 0.437 e. The summed E-state index contributed by atoms with van der Waals surface area (Å²) < 4.78 is 5.46. The van der Waals surface area contributed by atoms with Crippen LogP contribution >= 0.6 is 11.6 Å². The molecule has 0 bridgehead atoms. The molecule has 82 valence electrons. The van der Waals surface area contributed by atoms with E-state index in [-0.39, 0.29) is 6.61 Å². The van der Waals surface area contributed by atoms with E-state index in [1.807, 2.05) is 0 Å². The molecular weight excluding hydrogens is 228 g/mol. The van der Waals surface area contributed by atoms with E-state index >= 15 is 0 Å². The molecule has 1 heterocycles. The average molecular weight is 237 g/mol. The van der Waals surface area contributed by atoms with Gasteiger partial charge in [-0.05, 0) is 17.7 Å². The van der Waals surface area contributed by atoms with Crippen LogP contribution in [0, 0.1) is 0 Å². The monoisotopic (exact) mass is 236 g/mol. The lowest BCUT2D eigenvalue weighted by atomic mass is 10.2. The van der Waals surface area contributed by atoms with Crippen LogP contribution in [0.2, 0.25) is 5.02 Å². The molecule has 2 rings (SSSR count). The van der Waals surface area contributed by atoms with Crippen molar-refractivity contribution in [1.82, 2.24) is 9.97 Å². The third kappa shape index (κ3) is 2.48. The topological polar surface area (TPSA) is 55.2 Å². The zero-order valence-electron chi connectivity index (χ0n) is 8.30. The minimum absolute atomic E-state index is 0.0330. The van der Waals surface area contributed by atoms with Crippen molar-refractivity contribution in [1.29, 1.82) is 0 Å². The van der Waals surface area contributed by atoms with Gasteiger partial charge in [0.15, 0.2) is 0 Å². The van der Waals surface area contributed by atoms with E-state index in [4.69, 9.17) is 21.4 Å². The maximum Gasteiger partial charge on any atom is 0.241 e. The van der Waals surface area contributed by atoms with Crippen molar-refractivity contribution in [2.45, 2.75) is 6.61 Å². The number of hydrogen-bond acceptors (Lipinski definition) is 4. The fourth-order valence-corrected chi connectivity index (χ4v) is 1.34. The Hall–Kier alpha value is -1.65. The third-order valence-corrected chi connectivity index (χ3v) is 2.19. The Morgan fingerprint density at radius 2 is 2.25 bits per heavy atom. The van der Waals surface area contributed by atoms with Gasteiger partial charge in [0.25, 0.3) is 0 Å². The van der Waals surface area contributed by atoms with Gasteiger partial charge in [-0.1, -0.05) is 23.7 Å². The molecule has 0 spiro atoms. The summed E-state index contributed by atoms with van der Waals surface area (Å²) in [5, 5.41) is 9.32. The van der Waals surface area contributed by atoms with Gasteiger partial charge < -0.3 is 9.84 Å². The van der Waals surface area contributed by atoms with Gasteiger partial charge in [-0.15, -0.1) is 0 Å². The van der Waals surface area contributed by atoms with Gasteiger partial charge in [0.1, 0.15) is 17.1 Å². The number of ether oxygens (including phenoxy) is 1. The number of hydrogen-bond donors (Lipinski definition) is 1. The maximum atomic E-state index is 8.98. The summed E-state index contributed by atoms with van der Waals surface area (Å²) in [7, 11) is 0. The Bertz CT molecular complexity index is 491. The van der Waals surface area contributed by atoms with Crippen LogP contribution in [0.1, 0.15) is 5.56 Å². The summed E-state index contributed by atoms with van der Waals surface area (Å²) in [5.41, 5.74) is 0.766. The van der Waals surface area contributed by atoms with E-state index in [1.54, 1.807) is 24.3 Å². The first-order valence-electron chi connectivity index (χ1n) is 4.63. The van der Waals surface area contributed by atoms with E-state index in [0.717, 1.165) is 5.56 Å². The first-order chi connectivity index (χ1) is 7.79. The number of nitrogens with zero attached hydrogens (tertiary/aromatic N) is 2. The number of rotatable bonds is 3. The lowest BCUT2D eigenvalue weighted by molar-refractivity contribution is 0.281. The molecule has 0 aliphatic rings. The van der Waals surface area contributed by atoms with E-state index in [2.05, 4.69) is 9.97 Å². The number of aliphatic hydroxyl groups is 1. The molecule has 2 aromatic rings. The van der Waals surface area contributed by atoms with Gasteiger partial charge in [-0.25, -0.2) is 9.97 Å². The quantitative estimate of drug-likeness (QED) is 0.889. The standard InChI is InChI=1S/C11H9ClN2O2/c12-10-5-13-7-14-11(10)16-9-3-1-2-8(4-9)6-15/h1-5,7,15H,6H2. The van der Waals surface area contributed by atoms with Crippen LogP contribution < -0.4 is 4.74 Å². The Balaban J connectivity index is 2.24. The summed E-state index contributed by atoms with van der Waals surface area (Å²) in [6.45, 7) is -0.0330. The fourth-order valence-electron chi connectivity index (χ4n) is 1.20. The molecule has 0 aliphatic carbocycles. The van der Waals surface area contributed by atoms with Crippen molar-refractivity contribution in [2.75, 3.05) is 0 Å². The Morgan fingerprint density at radius 1 is 1.38 bits per heavy atom. The number of benzene rings is 1. The SMILES string of the molecule is OCc1cccc(Oc2ncncc2Cl)c1. The minimum atomic E-state index is -0.0330. The molecule has 0 radical (unpaired) electrons. The number of halogens is 1. The van der Waals surface area contributed by atoms with Crippen molar-refractivity contribution in [3.8, 4) is 11.6 Å². The molecule has 1 aromatic carbocycles. The first kappa shape index (κ1) is 10.9. The highest BCUT2D eigenvalue weighted by Gasteiger charge is 2.04. The summed E-state index contributed by atoms with van der Waals surface area (Å²) in [6.07, 6.45) is 2.82. The molecule has 1 N–H and O–H groups in total. The predicted molar refractivity (Wildman–Crippen MR) is 59.5 cm³/mol. The lowest BCUT2D eigenvalue weighted by Gasteiger charge is -2.06. The molecule has 4 nitrogen and oxygen atoms in total. The molecule has 0 saturated carbocycles. The van der Waals surface area contributed by atoms with Crippen molar-refractivity contribution >= 4 is 11.6 Å². The second-order valence-electron chi connectivity index (χ2n) is 3.08. The van der Waals surface area contributed by atoms with Crippen LogP contribution in [0.4, 0.5) is 0 Å². The zero-order chi connectivity index (χ0) is 11.4. The molecule has 0 unspecified atom stereocenters. The van der Waals surface area contributed by atoms with Crippen LogP contribution in [-0.4, -0.2) is 15.1 Å². The second-order valence-corrected chi connectivity index (χ2v) is 3.49. The third-order valence-electron chi connectivity index (χ3n) is 1.93. The summed E-state index contributed by atoms with van der Waals surface area (Å²) in [4.78, 5) is 7.66. The number of aromatic nitrogens is 2. The van der Waals surface area contributed by atoms with Crippen LogP contribution in [-0.2, 0) is 6.61 Å². The molecular formula is C11H9ClN2O2. The molecule has 0 aliphatic heterocycles. The van der Waals surface area contributed by atoms with Gasteiger partial charge in [-0.2, -0.15) is 0 Å². The summed E-state index contributed by atoms with van der Waals surface area (Å²) in [5.74, 6) is 0.874. The normalized spacial score (nSPS) is 10.1. The molecule has 16 heavy (non-hydrogen) atoms. The Kier molecular flexibility index (Phi) is 3.34. The predicted octanol–water partition coefficient (Wildman–Crippen LogP) is 2.41. The smallest absolute Gasteiger partial charge is 0.241 e. The van der Waals surface area contributed by atoms with Crippen molar-refractivity contribution < 1.29 is 9.84 Å². The van der Waals surface area contributed by atoms with Gasteiger partial charge in [0, 0.05) is 0 Å². The minimum Gasteiger partial charge on any atom is -0.437 e. The Morgan fingerprint density at radius 3 is 3.00 bits per heavy atom. The van der Waals surface area contributed by atoms with E-state index in [1.165, 1.54) is 12.5 Å². The molecule has 1 aromatic heterocycles. The molecule has 0 atom stereocenters. The van der Waals surface area contributed by atoms with Crippen LogP contribution in [0.5, 0.6) is 11.6 Å². The highest BCUT2D eigenvalue weighted by molar-refractivity contribution is 6.31. The second kappa shape index (κ2) is 4.92. The first-order valence-corrected chi connectivity index (χ1v) is 5.00. The van der Waals surface area contributed by atoms with Crippen molar-refractivity contribution in [2.24, 2.45) is 0 Å². The summed E-state index contributed by atoms with van der Waals surface area (Å²) in [6, 6.07) is 7.07. The highest BCUT2D eigenvalue weighted by atomic mass is 35.5. The highest BCUT2D eigenvalue weighted by Crippen LogP contribution is 2.26. The summed E-state index contributed by atoms with van der Waals surface area (Å²) >= 11 is 5.85. The van der Waals surface area contributed by atoms with Gasteiger partial charge in [0.05, 0.1) is 12.8 Å². The van der Waals surface area contributed by atoms with Crippen LogP contribution in [0.15, 0.2) is 36.8 Å². The van der Waals surface area contributed by atoms with E-state index in [0.29, 0.717) is 16.7 Å². The van der Waals surface area contributed by atoms with E-state index in [9.17, 15) is 0 Å². The van der Waals surface area contributed by atoms with E-state index < -0.39 is 0 Å². The molecule has 0 amide bonds. The zero-order valence-corrected chi connectivity index (χ0v) is 9.05. The van der Waals surface area contributed by atoms with Crippen molar-refractivity contribution in [3.63, 3.8) is 0 Å². The van der Waals surface area contributed by atoms with Crippen LogP contribution in [0.25, 0.3) is 0 Å². The maximum absolute atomic E-state index is 8.98. The molecule has 5 heteroatoms. The van der Waals surface area contributed by atoms with Gasteiger partial charge in [-0.3, -0.25) is 0 Å². The van der Waals surface area contributed by atoms with Crippen molar-refractivity contribution in [3.05, 3.63) is 47.4 Å². The fraction of sp³-hybridized carbons (Fsp3) is 0.0909. The molecule has 0 fully saturated rings. The van der Waals surface area contributed by atoms with Gasteiger partial charge >= 0.3 is 0 Å². The molecule has 0 saturated heterocycles. The van der Waals surface area contributed by atoms with Gasteiger partial charge in [0.2, 0.25) is 5.88 Å². The lowest BCUT2D eigenvalue weighted by Crippen LogP contribution is -1.91. The van der Waals surface area contributed by atoms with Crippen LogP contribution in [0.3, 0.4) is 0 Å². The number of aliphatic hydroxyl groups excluding tert-OH is 1. The Labute approximate surface area is 97.5 Å².